The minimum atomic E-state index is 0.364. The standard InChI is InChI=1S/C14H29NO2/c1-4-14(17-6-3)13(15-5-2)11-12-7-9-16-10-8-12/h12-15H,4-11H2,1-3H3. The Labute approximate surface area is 106 Å². The van der Waals surface area contributed by atoms with Crippen molar-refractivity contribution < 1.29 is 9.47 Å². The van der Waals surface area contributed by atoms with Gasteiger partial charge in [0.15, 0.2) is 0 Å². The Balaban J connectivity index is 2.44. The van der Waals surface area contributed by atoms with Crippen molar-refractivity contribution in [3.05, 3.63) is 0 Å². The van der Waals surface area contributed by atoms with E-state index in [0.717, 1.165) is 38.7 Å². The first kappa shape index (κ1) is 14.9. The third-order valence-corrected chi connectivity index (χ3v) is 3.63. The maximum absolute atomic E-state index is 5.85. The lowest BCUT2D eigenvalue weighted by Gasteiger charge is -2.31. The van der Waals surface area contributed by atoms with E-state index in [1.165, 1.54) is 19.3 Å². The highest BCUT2D eigenvalue weighted by molar-refractivity contribution is 4.80. The Morgan fingerprint density at radius 3 is 2.47 bits per heavy atom. The van der Waals surface area contributed by atoms with Gasteiger partial charge in [-0.1, -0.05) is 13.8 Å². The second kappa shape index (κ2) is 8.90. The van der Waals surface area contributed by atoms with E-state index in [0.29, 0.717) is 12.1 Å². The molecule has 0 bridgehead atoms. The highest BCUT2D eigenvalue weighted by atomic mass is 16.5. The van der Waals surface area contributed by atoms with Gasteiger partial charge < -0.3 is 14.8 Å². The molecule has 0 aliphatic carbocycles. The van der Waals surface area contributed by atoms with Gasteiger partial charge in [0, 0.05) is 25.9 Å². The second-order valence-corrected chi connectivity index (χ2v) is 4.86. The SMILES string of the molecule is CCNC(CC1CCOCC1)C(CC)OCC. The highest BCUT2D eigenvalue weighted by Crippen LogP contribution is 2.23. The molecule has 0 saturated carbocycles. The summed E-state index contributed by atoms with van der Waals surface area (Å²) in [5.41, 5.74) is 0. The van der Waals surface area contributed by atoms with Crippen molar-refractivity contribution in [2.24, 2.45) is 5.92 Å². The van der Waals surface area contributed by atoms with Crippen LogP contribution in [-0.2, 0) is 9.47 Å². The molecule has 1 fully saturated rings. The fraction of sp³-hybridized carbons (Fsp3) is 1.00. The summed E-state index contributed by atoms with van der Waals surface area (Å²) in [5.74, 6) is 0.808. The quantitative estimate of drug-likeness (QED) is 0.711. The Morgan fingerprint density at radius 1 is 1.24 bits per heavy atom. The van der Waals surface area contributed by atoms with E-state index in [1.54, 1.807) is 0 Å². The van der Waals surface area contributed by atoms with Crippen LogP contribution in [0.25, 0.3) is 0 Å². The summed E-state index contributed by atoms with van der Waals surface area (Å²) < 4.78 is 11.3. The molecule has 0 aromatic rings. The number of hydrogen-bond acceptors (Lipinski definition) is 3. The number of ether oxygens (including phenoxy) is 2. The first-order valence-corrected chi connectivity index (χ1v) is 7.24. The van der Waals surface area contributed by atoms with Crippen molar-refractivity contribution in [2.45, 2.75) is 58.6 Å². The van der Waals surface area contributed by atoms with Crippen molar-refractivity contribution in [2.75, 3.05) is 26.4 Å². The number of hydrogen-bond donors (Lipinski definition) is 1. The zero-order valence-electron chi connectivity index (χ0n) is 11.7. The van der Waals surface area contributed by atoms with Gasteiger partial charge in [0.05, 0.1) is 6.10 Å². The molecule has 0 aromatic heterocycles. The molecule has 3 heteroatoms. The van der Waals surface area contributed by atoms with Gasteiger partial charge in [0.1, 0.15) is 0 Å². The van der Waals surface area contributed by atoms with Crippen LogP contribution < -0.4 is 5.32 Å². The molecule has 3 nitrogen and oxygen atoms in total. The largest absolute Gasteiger partial charge is 0.381 e. The zero-order valence-corrected chi connectivity index (χ0v) is 11.7. The molecule has 1 rings (SSSR count). The van der Waals surface area contributed by atoms with E-state index < -0.39 is 0 Å². The predicted octanol–water partition coefficient (Wildman–Crippen LogP) is 2.60. The van der Waals surface area contributed by atoms with Crippen molar-refractivity contribution in [1.82, 2.24) is 5.32 Å². The molecule has 0 aromatic carbocycles. The van der Waals surface area contributed by atoms with E-state index in [4.69, 9.17) is 9.47 Å². The Hall–Kier alpha value is -0.120. The van der Waals surface area contributed by atoms with E-state index >= 15 is 0 Å². The third kappa shape index (κ3) is 5.36. The van der Waals surface area contributed by atoms with Gasteiger partial charge >= 0.3 is 0 Å². The number of likely N-dealkylation sites (N-methyl/N-ethyl adjacent to an activating group) is 1. The second-order valence-electron chi connectivity index (χ2n) is 4.86. The van der Waals surface area contributed by atoms with Crippen molar-refractivity contribution in [3.8, 4) is 0 Å². The Bertz CT molecular complexity index is 181. The van der Waals surface area contributed by atoms with Gasteiger partial charge in [-0.2, -0.15) is 0 Å². The number of rotatable bonds is 8. The van der Waals surface area contributed by atoms with Crippen LogP contribution in [0.4, 0.5) is 0 Å². The summed E-state index contributed by atoms with van der Waals surface area (Å²) in [6.07, 6.45) is 5.11. The monoisotopic (exact) mass is 243 g/mol. The first-order chi connectivity index (χ1) is 8.31. The van der Waals surface area contributed by atoms with E-state index in [2.05, 4.69) is 26.1 Å². The minimum Gasteiger partial charge on any atom is -0.381 e. The molecule has 1 aliphatic rings. The van der Waals surface area contributed by atoms with Gasteiger partial charge in [0.25, 0.3) is 0 Å². The van der Waals surface area contributed by atoms with Crippen molar-refractivity contribution in [1.29, 1.82) is 0 Å². The first-order valence-electron chi connectivity index (χ1n) is 7.24. The molecule has 102 valence electrons. The van der Waals surface area contributed by atoms with Crippen LogP contribution in [0, 0.1) is 5.92 Å². The smallest absolute Gasteiger partial charge is 0.0725 e. The molecule has 0 spiro atoms. The van der Waals surface area contributed by atoms with Crippen LogP contribution in [0.5, 0.6) is 0 Å². The summed E-state index contributed by atoms with van der Waals surface area (Å²) in [5, 5.41) is 3.60. The summed E-state index contributed by atoms with van der Waals surface area (Å²) in [6.45, 7) is 10.2. The van der Waals surface area contributed by atoms with E-state index in [1.807, 2.05) is 0 Å². The summed E-state index contributed by atoms with van der Waals surface area (Å²) >= 11 is 0. The zero-order chi connectivity index (χ0) is 12.5. The van der Waals surface area contributed by atoms with Crippen LogP contribution in [0.1, 0.15) is 46.5 Å². The molecule has 0 amide bonds. The Morgan fingerprint density at radius 2 is 1.94 bits per heavy atom. The van der Waals surface area contributed by atoms with Crippen molar-refractivity contribution in [3.63, 3.8) is 0 Å². The predicted molar refractivity (Wildman–Crippen MR) is 71.3 cm³/mol. The lowest BCUT2D eigenvalue weighted by Crippen LogP contribution is -2.43. The molecule has 0 radical (unpaired) electrons. The van der Waals surface area contributed by atoms with Gasteiger partial charge in [0.2, 0.25) is 0 Å². The lowest BCUT2D eigenvalue weighted by molar-refractivity contribution is 0.0126. The van der Waals surface area contributed by atoms with Gasteiger partial charge in [-0.05, 0) is 45.1 Å². The fourth-order valence-electron chi connectivity index (χ4n) is 2.70. The van der Waals surface area contributed by atoms with Crippen molar-refractivity contribution >= 4 is 0 Å². The molecule has 1 heterocycles. The van der Waals surface area contributed by atoms with Crippen LogP contribution >= 0.6 is 0 Å². The maximum atomic E-state index is 5.85. The fourth-order valence-corrected chi connectivity index (χ4v) is 2.70. The third-order valence-electron chi connectivity index (χ3n) is 3.63. The van der Waals surface area contributed by atoms with Gasteiger partial charge in [-0.25, -0.2) is 0 Å². The van der Waals surface area contributed by atoms with E-state index in [-0.39, 0.29) is 0 Å². The molecular weight excluding hydrogens is 214 g/mol. The minimum absolute atomic E-state index is 0.364. The van der Waals surface area contributed by atoms with Crippen LogP contribution in [-0.4, -0.2) is 38.5 Å². The molecular formula is C14H29NO2. The Kier molecular flexibility index (Phi) is 7.82. The number of nitrogens with one attached hydrogen (secondary N) is 1. The molecule has 2 unspecified atom stereocenters. The molecule has 1 saturated heterocycles. The normalized spacial score (nSPS) is 21.4. The maximum Gasteiger partial charge on any atom is 0.0725 e. The highest BCUT2D eigenvalue weighted by Gasteiger charge is 2.24. The van der Waals surface area contributed by atoms with Crippen LogP contribution in [0.15, 0.2) is 0 Å². The summed E-state index contributed by atoms with van der Waals surface area (Å²) in [4.78, 5) is 0. The molecule has 2 atom stereocenters. The van der Waals surface area contributed by atoms with Crippen LogP contribution in [0.2, 0.25) is 0 Å². The molecule has 17 heavy (non-hydrogen) atoms. The average molecular weight is 243 g/mol. The molecule has 1 aliphatic heterocycles. The van der Waals surface area contributed by atoms with Gasteiger partial charge in [-0.15, -0.1) is 0 Å². The summed E-state index contributed by atoms with van der Waals surface area (Å²) in [7, 11) is 0. The van der Waals surface area contributed by atoms with Gasteiger partial charge in [-0.3, -0.25) is 0 Å². The van der Waals surface area contributed by atoms with Crippen LogP contribution in [0.3, 0.4) is 0 Å². The average Bonchev–Trinajstić information content (AvgIpc) is 2.37. The lowest BCUT2D eigenvalue weighted by atomic mass is 9.89. The topological polar surface area (TPSA) is 30.5 Å². The molecule has 1 N–H and O–H groups in total. The van der Waals surface area contributed by atoms with E-state index in [9.17, 15) is 0 Å². The summed E-state index contributed by atoms with van der Waals surface area (Å²) in [6, 6.07) is 0.507.